The molecule has 0 fully saturated rings. The first-order valence-corrected chi connectivity index (χ1v) is 6.88. The van der Waals surface area contributed by atoms with E-state index in [1.807, 2.05) is 41.8 Å². The molecule has 0 aliphatic heterocycles. The van der Waals surface area contributed by atoms with Gasteiger partial charge in [0.15, 0.2) is 0 Å². The van der Waals surface area contributed by atoms with Gasteiger partial charge in [-0.05, 0) is 11.1 Å². The van der Waals surface area contributed by atoms with E-state index in [1.165, 1.54) is 17.4 Å². The summed E-state index contributed by atoms with van der Waals surface area (Å²) in [5, 5.41) is 13.8. The largest absolute Gasteiger partial charge is 0.280 e. The first-order valence-electron chi connectivity index (χ1n) is 6.00. The number of thiazole rings is 1. The molecule has 0 bridgehead atoms. The van der Waals surface area contributed by atoms with Crippen molar-refractivity contribution in [1.29, 1.82) is 0 Å². The molecule has 0 atom stereocenters. The van der Waals surface area contributed by atoms with Gasteiger partial charge in [-0.1, -0.05) is 42.5 Å². The second-order valence-corrected chi connectivity index (χ2v) is 5.05. The Morgan fingerprint density at radius 1 is 1.05 bits per heavy atom. The van der Waals surface area contributed by atoms with E-state index in [0.29, 0.717) is 10.6 Å². The average Bonchev–Trinajstić information content (AvgIpc) is 3.01. The van der Waals surface area contributed by atoms with Crippen molar-refractivity contribution in [3.05, 3.63) is 70.2 Å². The normalized spacial score (nSPS) is 10.4. The molecule has 1 heterocycles. The number of nitrogens with zero attached hydrogens (tertiary/aromatic N) is 2. The standard InChI is InChI=1S/C15H10N2O2S/c18-17(19)13-8-4-7-12(11-5-2-1-3-6-11)14(13)15-16-9-10-20-15/h1-10H. The minimum Gasteiger partial charge on any atom is -0.258 e. The second kappa shape index (κ2) is 5.22. The molecule has 0 radical (unpaired) electrons. The maximum absolute atomic E-state index is 11.3. The zero-order chi connectivity index (χ0) is 13.9. The van der Waals surface area contributed by atoms with Gasteiger partial charge in [0.2, 0.25) is 0 Å². The highest BCUT2D eigenvalue weighted by Gasteiger charge is 2.21. The number of hydrogen-bond donors (Lipinski definition) is 0. The van der Waals surface area contributed by atoms with E-state index in [-0.39, 0.29) is 10.6 Å². The molecular formula is C15H10N2O2S. The van der Waals surface area contributed by atoms with Crippen LogP contribution in [0.1, 0.15) is 0 Å². The fraction of sp³-hybridized carbons (Fsp3) is 0. The van der Waals surface area contributed by atoms with Crippen molar-refractivity contribution in [2.45, 2.75) is 0 Å². The Kier molecular flexibility index (Phi) is 3.26. The molecular weight excluding hydrogens is 272 g/mol. The third-order valence-corrected chi connectivity index (χ3v) is 3.76. The van der Waals surface area contributed by atoms with Crippen LogP contribution in [-0.2, 0) is 0 Å². The average molecular weight is 282 g/mol. The molecule has 98 valence electrons. The molecule has 0 N–H and O–H groups in total. The van der Waals surface area contributed by atoms with Gasteiger partial charge in [0.1, 0.15) is 5.01 Å². The zero-order valence-electron chi connectivity index (χ0n) is 10.4. The summed E-state index contributed by atoms with van der Waals surface area (Å²) in [4.78, 5) is 15.2. The van der Waals surface area contributed by atoms with Gasteiger partial charge < -0.3 is 0 Å². The predicted molar refractivity (Wildman–Crippen MR) is 79.6 cm³/mol. The van der Waals surface area contributed by atoms with Gasteiger partial charge in [0.05, 0.1) is 10.5 Å². The Bertz CT molecular complexity index is 740. The minimum absolute atomic E-state index is 0.0845. The Morgan fingerprint density at radius 3 is 2.50 bits per heavy atom. The molecule has 0 unspecified atom stereocenters. The summed E-state index contributed by atoms with van der Waals surface area (Å²) in [6.45, 7) is 0. The maximum atomic E-state index is 11.3. The van der Waals surface area contributed by atoms with E-state index in [1.54, 1.807) is 12.3 Å². The lowest BCUT2D eigenvalue weighted by molar-refractivity contribution is -0.384. The minimum atomic E-state index is -0.358. The van der Waals surface area contributed by atoms with E-state index < -0.39 is 0 Å². The van der Waals surface area contributed by atoms with Crippen LogP contribution in [0.3, 0.4) is 0 Å². The quantitative estimate of drug-likeness (QED) is 0.529. The van der Waals surface area contributed by atoms with E-state index in [9.17, 15) is 10.1 Å². The Labute approximate surface area is 119 Å². The van der Waals surface area contributed by atoms with Crippen LogP contribution in [-0.4, -0.2) is 9.91 Å². The van der Waals surface area contributed by atoms with E-state index in [2.05, 4.69) is 4.98 Å². The number of hydrogen-bond acceptors (Lipinski definition) is 4. The van der Waals surface area contributed by atoms with Crippen LogP contribution in [0.2, 0.25) is 0 Å². The van der Waals surface area contributed by atoms with Gasteiger partial charge in [0, 0.05) is 17.6 Å². The molecule has 1 aromatic heterocycles. The molecule has 4 nitrogen and oxygen atoms in total. The van der Waals surface area contributed by atoms with Crippen LogP contribution in [0, 0.1) is 10.1 Å². The molecule has 0 saturated carbocycles. The van der Waals surface area contributed by atoms with Crippen LogP contribution in [0.5, 0.6) is 0 Å². The lowest BCUT2D eigenvalue weighted by Crippen LogP contribution is -1.94. The van der Waals surface area contributed by atoms with E-state index in [4.69, 9.17) is 0 Å². The lowest BCUT2D eigenvalue weighted by Gasteiger charge is -2.08. The number of nitro groups is 1. The molecule has 0 aliphatic carbocycles. The lowest BCUT2D eigenvalue weighted by atomic mass is 9.98. The molecule has 0 aliphatic rings. The highest BCUT2D eigenvalue weighted by atomic mass is 32.1. The van der Waals surface area contributed by atoms with Crippen molar-refractivity contribution in [3.8, 4) is 21.7 Å². The molecule has 0 spiro atoms. The first-order chi connectivity index (χ1) is 9.77. The predicted octanol–water partition coefficient (Wildman–Crippen LogP) is 4.39. The third-order valence-electron chi connectivity index (χ3n) is 2.97. The summed E-state index contributed by atoms with van der Waals surface area (Å²) in [6, 6.07) is 14.7. The van der Waals surface area contributed by atoms with Gasteiger partial charge in [0.25, 0.3) is 5.69 Å². The maximum Gasteiger partial charge on any atom is 0.280 e. The molecule has 20 heavy (non-hydrogen) atoms. The number of rotatable bonds is 3. The molecule has 5 heteroatoms. The monoisotopic (exact) mass is 282 g/mol. The Morgan fingerprint density at radius 2 is 1.85 bits per heavy atom. The molecule has 3 aromatic rings. The van der Waals surface area contributed by atoms with Gasteiger partial charge in [-0.15, -0.1) is 11.3 Å². The number of nitro benzene ring substituents is 1. The van der Waals surface area contributed by atoms with Crippen molar-refractivity contribution in [3.63, 3.8) is 0 Å². The highest BCUT2D eigenvalue weighted by Crippen LogP contribution is 2.39. The zero-order valence-corrected chi connectivity index (χ0v) is 11.2. The summed E-state index contributed by atoms with van der Waals surface area (Å²) in [5.41, 5.74) is 2.44. The Hall–Kier alpha value is -2.53. The Balaban J connectivity index is 2.30. The summed E-state index contributed by atoms with van der Waals surface area (Å²) in [5.74, 6) is 0. The number of aromatic nitrogens is 1. The topological polar surface area (TPSA) is 56.0 Å². The van der Waals surface area contributed by atoms with Crippen molar-refractivity contribution in [1.82, 2.24) is 4.98 Å². The van der Waals surface area contributed by atoms with Gasteiger partial charge in [-0.3, -0.25) is 10.1 Å². The number of benzene rings is 2. The summed E-state index contributed by atoms with van der Waals surface area (Å²) < 4.78 is 0. The smallest absolute Gasteiger partial charge is 0.258 e. The molecule has 3 rings (SSSR count). The van der Waals surface area contributed by atoms with Crippen molar-refractivity contribution in [2.75, 3.05) is 0 Å². The van der Waals surface area contributed by atoms with Gasteiger partial charge in [-0.2, -0.15) is 0 Å². The SMILES string of the molecule is O=[N+]([O-])c1cccc(-c2ccccc2)c1-c1nccs1. The third kappa shape index (κ3) is 2.19. The second-order valence-electron chi connectivity index (χ2n) is 4.16. The van der Waals surface area contributed by atoms with Crippen LogP contribution in [0.15, 0.2) is 60.1 Å². The molecule has 0 saturated heterocycles. The molecule has 2 aromatic carbocycles. The highest BCUT2D eigenvalue weighted by molar-refractivity contribution is 7.13. The fourth-order valence-corrected chi connectivity index (χ4v) is 2.83. The van der Waals surface area contributed by atoms with Crippen molar-refractivity contribution in [2.24, 2.45) is 0 Å². The first kappa shape index (κ1) is 12.5. The summed E-state index contributed by atoms with van der Waals surface area (Å²) in [6.07, 6.45) is 1.66. The van der Waals surface area contributed by atoms with E-state index >= 15 is 0 Å². The van der Waals surface area contributed by atoms with Crippen LogP contribution >= 0.6 is 11.3 Å². The fourth-order valence-electron chi connectivity index (χ4n) is 2.12. The van der Waals surface area contributed by atoms with Gasteiger partial charge >= 0.3 is 0 Å². The summed E-state index contributed by atoms with van der Waals surface area (Å²) in [7, 11) is 0. The molecule has 0 amide bonds. The van der Waals surface area contributed by atoms with Crippen LogP contribution in [0.25, 0.3) is 21.7 Å². The van der Waals surface area contributed by atoms with Crippen LogP contribution in [0.4, 0.5) is 5.69 Å². The summed E-state index contributed by atoms with van der Waals surface area (Å²) >= 11 is 1.40. The van der Waals surface area contributed by atoms with E-state index in [0.717, 1.165) is 11.1 Å². The van der Waals surface area contributed by atoms with Gasteiger partial charge in [-0.25, -0.2) is 4.98 Å². The van der Waals surface area contributed by atoms with Crippen molar-refractivity contribution >= 4 is 17.0 Å². The van der Waals surface area contributed by atoms with Crippen LogP contribution < -0.4 is 0 Å². The van der Waals surface area contributed by atoms with Crippen molar-refractivity contribution < 1.29 is 4.92 Å².